The quantitative estimate of drug-likeness (QED) is 0.772. The molecule has 9 heteroatoms. The van der Waals surface area contributed by atoms with E-state index in [1.54, 1.807) is 0 Å². The average Bonchev–Trinajstić information content (AvgIpc) is 3.01. The minimum Gasteiger partial charge on any atom is -0.351 e. The van der Waals surface area contributed by atoms with Crippen molar-refractivity contribution < 1.29 is 22.4 Å². The molecule has 1 aliphatic heterocycles. The normalized spacial score (nSPS) is 17.0. The Morgan fingerprint density at radius 3 is 2.43 bits per heavy atom. The molecule has 28 heavy (non-hydrogen) atoms. The maximum absolute atomic E-state index is 13.0. The third kappa shape index (κ3) is 4.88. The van der Waals surface area contributed by atoms with Gasteiger partial charge < -0.3 is 10.2 Å². The molecule has 0 saturated carbocycles. The Morgan fingerprint density at radius 2 is 1.79 bits per heavy atom. The van der Waals surface area contributed by atoms with Crippen LogP contribution in [-0.2, 0) is 19.4 Å². The minimum atomic E-state index is -3.61. The number of nitrogens with one attached hydrogen (secondary N) is 1. The van der Waals surface area contributed by atoms with Gasteiger partial charge in [0.15, 0.2) is 9.84 Å². The number of amides is 2. The Balaban J connectivity index is 1.54. The summed E-state index contributed by atoms with van der Waals surface area (Å²) in [5.74, 6) is -1.38. The van der Waals surface area contributed by atoms with Crippen molar-refractivity contribution in [2.24, 2.45) is 0 Å². The lowest BCUT2D eigenvalue weighted by Crippen LogP contribution is -2.37. The van der Waals surface area contributed by atoms with Gasteiger partial charge in [0, 0.05) is 30.1 Å². The molecule has 6 nitrogen and oxygen atoms in total. The van der Waals surface area contributed by atoms with Crippen LogP contribution in [0.4, 0.5) is 10.1 Å². The first-order valence-corrected chi connectivity index (χ1v) is 10.6. The maximum Gasteiger partial charge on any atom is 0.229 e. The second kappa shape index (κ2) is 8.28. The van der Waals surface area contributed by atoms with Crippen LogP contribution in [0, 0.1) is 5.82 Å². The van der Waals surface area contributed by atoms with Crippen molar-refractivity contribution >= 4 is 38.9 Å². The van der Waals surface area contributed by atoms with Crippen molar-refractivity contribution in [3.05, 3.63) is 59.4 Å². The fourth-order valence-electron chi connectivity index (χ4n) is 2.96. The summed E-state index contributed by atoms with van der Waals surface area (Å²) in [5, 5.41) is 3.12. The van der Waals surface area contributed by atoms with E-state index in [9.17, 15) is 22.4 Å². The summed E-state index contributed by atoms with van der Waals surface area (Å²) in [6, 6.07) is 10.8. The van der Waals surface area contributed by atoms with Crippen molar-refractivity contribution in [2.45, 2.75) is 23.8 Å². The monoisotopic (exact) mass is 424 g/mol. The number of benzene rings is 2. The minimum absolute atomic E-state index is 0.100. The molecule has 2 aromatic carbocycles. The lowest BCUT2D eigenvalue weighted by molar-refractivity contribution is -0.121. The molecule has 0 spiro atoms. The molecule has 1 fully saturated rings. The fraction of sp³-hybridized carbons (Fsp3) is 0.263. The van der Waals surface area contributed by atoms with E-state index in [1.165, 1.54) is 53.4 Å². The van der Waals surface area contributed by atoms with Gasteiger partial charge in [-0.05, 0) is 48.5 Å². The number of anilines is 1. The van der Waals surface area contributed by atoms with Gasteiger partial charge in [0.05, 0.1) is 16.7 Å². The average molecular weight is 425 g/mol. The van der Waals surface area contributed by atoms with Crippen LogP contribution in [0.3, 0.4) is 0 Å². The van der Waals surface area contributed by atoms with E-state index in [1.807, 2.05) is 0 Å². The maximum atomic E-state index is 13.0. The predicted molar refractivity (Wildman–Crippen MR) is 103 cm³/mol. The molecule has 1 atom stereocenters. The van der Waals surface area contributed by atoms with Crippen molar-refractivity contribution in [3.63, 3.8) is 0 Å². The smallest absolute Gasteiger partial charge is 0.229 e. The fourth-order valence-corrected chi connectivity index (χ4v) is 4.33. The number of halogens is 2. The lowest BCUT2D eigenvalue weighted by atomic mass is 10.2. The van der Waals surface area contributed by atoms with Crippen LogP contribution in [0.5, 0.6) is 0 Å². The number of hydrogen-bond donors (Lipinski definition) is 1. The van der Waals surface area contributed by atoms with E-state index in [2.05, 4.69) is 5.32 Å². The van der Waals surface area contributed by atoms with Crippen LogP contribution in [0.15, 0.2) is 53.4 Å². The number of sulfone groups is 1. The van der Waals surface area contributed by atoms with Crippen molar-refractivity contribution in [1.29, 1.82) is 0 Å². The molecule has 3 rings (SSSR count). The summed E-state index contributed by atoms with van der Waals surface area (Å²) in [4.78, 5) is 25.9. The number of rotatable bonds is 6. The zero-order chi connectivity index (χ0) is 20.3. The van der Waals surface area contributed by atoms with Crippen LogP contribution in [-0.4, -0.2) is 38.6 Å². The van der Waals surface area contributed by atoms with Crippen LogP contribution >= 0.6 is 11.6 Å². The SMILES string of the molecule is O=C(CCS(=O)(=O)c1ccc(Cl)cc1)NC1CC(=O)N(c2ccc(F)cc2)C1. The molecule has 1 N–H and O–H groups in total. The molecule has 0 aromatic heterocycles. The molecule has 1 heterocycles. The Morgan fingerprint density at radius 1 is 1.14 bits per heavy atom. The van der Waals surface area contributed by atoms with Crippen molar-refractivity contribution in [3.8, 4) is 0 Å². The van der Waals surface area contributed by atoms with Gasteiger partial charge in [-0.15, -0.1) is 0 Å². The highest BCUT2D eigenvalue weighted by molar-refractivity contribution is 7.91. The summed E-state index contributed by atoms with van der Waals surface area (Å²) in [7, 11) is -3.61. The summed E-state index contributed by atoms with van der Waals surface area (Å²) in [6.45, 7) is 0.250. The first-order valence-electron chi connectivity index (χ1n) is 8.58. The highest BCUT2D eigenvalue weighted by Crippen LogP contribution is 2.22. The molecule has 2 amide bonds. The van der Waals surface area contributed by atoms with Gasteiger partial charge in [-0.25, -0.2) is 12.8 Å². The topological polar surface area (TPSA) is 83.5 Å². The molecular formula is C19H18ClFN2O4S. The second-order valence-electron chi connectivity index (χ2n) is 6.47. The molecule has 0 radical (unpaired) electrons. The molecule has 2 aromatic rings. The van der Waals surface area contributed by atoms with E-state index < -0.39 is 27.6 Å². The molecule has 1 aliphatic rings. The Bertz CT molecular complexity index is 978. The number of carbonyl (C=O) groups is 2. The first kappa shape index (κ1) is 20.3. The van der Waals surface area contributed by atoms with Gasteiger partial charge in [0.1, 0.15) is 5.82 Å². The third-order valence-corrected chi connectivity index (χ3v) is 6.38. The Kier molecular flexibility index (Phi) is 6.00. The molecule has 1 unspecified atom stereocenters. The van der Waals surface area contributed by atoms with Crippen LogP contribution < -0.4 is 10.2 Å². The van der Waals surface area contributed by atoms with Crippen LogP contribution in [0.25, 0.3) is 0 Å². The van der Waals surface area contributed by atoms with E-state index in [0.29, 0.717) is 10.7 Å². The third-order valence-electron chi connectivity index (χ3n) is 4.40. The van der Waals surface area contributed by atoms with Crippen molar-refractivity contribution in [2.75, 3.05) is 17.2 Å². The summed E-state index contributed by atoms with van der Waals surface area (Å²) < 4.78 is 37.6. The number of carbonyl (C=O) groups excluding carboxylic acids is 2. The largest absolute Gasteiger partial charge is 0.351 e. The van der Waals surface area contributed by atoms with Gasteiger partial charge in [0.25, 0.3) is 0 Å². The van der Waals surface area contributed by atoms with Crippen LogP contribution in [0.2, 0.25) is 5.02 Å². The van der Waals surface area contributed by atoms with E-state index in [4.69, 9.17) is 11.6 Å². The first-order chi connectivity index (χ1) is 13.2. The van der Waals surface area contributed by atoms with Gasteiger partial charge in [0.2, 0.25) is 11.8 Å². The Labute approximate surface area is 167 Å². The molecule has 1 saturated heterocycles. The highest BCUT2D eigenvalue weighted by atomic mass is 35.5. The van der Waals surface area contributed by atoms with E-state index >= 15 is 0 Å². The van der Waals surface area contributed by atoms with Gasteiger partial charge in [-0.2, -0.15) is 0 Å². The standard InChI is InChI=1S/C19H18ClFN2O4S/c20-13-1-7-17(8-2-13)28(26,27)10-9-18(24)22-15-11-19(25)23(12-15)16-5-3-14(21)4-6-16/h1-8,15H,9-12H2,(H,22,24). The van der Waals surface area contributed by atoms with Crippen LogP contribution in [0.1, 0.15) is 12.8 Å². The zero-order valence-corrected chi connectivity index (χ0v) is 16.3. The number of nitrogens with zero attached hydrogens (tertiary/aromatic N) is 1. The molecule has 148 valence electrons. The van der Waals surface area contributed by atoms with Gasteiger partial charge >= 0.3 is 0 Å². The summed E-state index contributed by atoms with van der Waals surface area (Å²) in [5.41, 5.74) is 0.550. The second-order valence-corrected chi connectivity index (χ2v) is 9.02. The van der Waals surface area contributed by atoms with E-state index in [-0.39, 0.29) is 35.9 Å². The Hall–Kier alpha value is -2.45. The zero-order valence-electron chi connectivity index (χ0n) is 14.8. The predicted octanol–water partition coefficient (Wildman–Crippen LogP) is 2.56. The van der Waals surface area contributed by atoms with Crippen molar-refractivity contribution in [1.82, 2.24) is 5.32 Å². The summed E-state index contributed by atoms with van der Waals surface area (Å²) in [6.07, 6.45) is -0.112. The van der Waals surface area contributed by atoms with Gasteiger partial charge in [-0.3, -0.25) is 9.59 Å². The summed E-state index contributed by atoms with van der Waals surface area (Å²) >= 11 is 5.75. The number of hydrogen-bond acceptors (Lipinski definition) is 4. The van der Waals surface area contributed by atoms with E-state index in [0.717, 1.165) is 0 Å². The molecule has 0 bridgehead atoms. The lowest BCUT2D eigenvalue weighted by Gasteiger charge is -2.17. The highest BCUT2D eigenvalue weighted by Gasteiger charge is 2.31. The molecular weight excluding hydrogens is 407 g/mol. The van der Waals surface area contributed by atoms with Gasteiger partial charge in [-0.1, -0.05) is 11.6 Å². The molecule has 0 aliphatic carbocycles.